The van der Waals surface area contributed by atoms with Crippen LogP contribution in [0.5, 0.6) is 11.5 Å². The molecule has 2 N–H and O–H groups in total. The van der Waals surface area contributed by atoms with Crippen molar-refractivity contribution in [3.05, 3.63) is 71.4 Å². The van der Waals surface area contributed by atoms with Gasteiger partial charge >= 0.3 is 6.03 Å². The summed E-state index contributed by atoms with van der Waals surface area (Å²) in [6.45, 7) is 7.04. The molecule has 2 aromatic carbocycles. The molecule has 38 heavy (non-hydrogen) atoms. The molecular weight excluding hydrogens is 484 g/mol. The van der Waals surface area contributed by atoms with Crippen LogP contribution in [0.15, 0.2) is 65.9 Å². The number of hydrogen-bond acceptors (Lipinski definition) is 5. The Morgan fingerprint density at radius 2 is 1.89 bits per heavy atom. The van der Waals surface area contributed by atoms with E-state index >= 15 is 0 Å². The summed E-state index contributed by atoms with van der Waals surface area (Å²) in [4.78, 5) is 43.4. The zero-order valence-electron chi connectivity index (χ0n) is 22.0. The number of likely N-dealkylation sites (N-methyl/N-ethyl adjacent to an activating group) is 1. The maximum Gasteiger partial charge on any atom is 0.322 e. The van der Waals surface area contributed by atoms with Gasteiger partial charge in [0, 0.05) is 19.7 Å². The number of carbonyl (C=O) groups is 3. The third-order valence-electron chi connectivity index (χ3n) is 7.45. The lowest BCUT2D eigenvalue weighted by Crippen LogP contribution is -2.57. The molecular formula is C29H34N4O5. The van der Waals surface area contributed by atoms with Crippen molar-refractivity contribution in [3.63, 3.8) is 0 Å². The normalized spacial score (nSPS) is 21.4. The maximum atomic E-state index is 13.9. The molecule has 0 aromatic heterocycles. The number of nitrogens with one attached hydrogen (secondary N) is 2. The summed E-state index contributed by atoms with van der Waals surface area (Å²) in [7, 11) is 0. The van der Waals surface area contributed by atoms with E-state index in [-0.39, 0.29) is 30.5 Å². The first-order valence-corrected chi connectivity index (χ1v) is 13.2. The van der Waals surface area contributed by atoms with E-state index in [9.17, 15) is 14.4 Å². The minimum absolute atomic E-state index is 0.00234. The van der Waals surface area contributed by atoms with Crippen molar-refractivity contribution in [2.75, 3.05) is 26.2 Å². The van der Waals surface area contributed by atoms with Gasteiger partial charge in [-0.2, -0.15) is 0 Å². The first-order valence-electron chi connectivity index (χ1n) is 13.2. The van der Waals surface area contributed by atoms with Crippen LogP contribution in [0.25, 0.3) is 0 Å². The van der Waals surface area contributed by atoms with Crippen LogP contribution in [0.2, 0.25) is 0 Å². The second kappa shape index (κ2) is 10.5. The lowest BCUT2D eigenvalue weighted by atomic mass is 9.95. The van der Waals surface area contributed by atoms with E-state index in [4.69, 9.17) is 9.47 Å². The van der Waals surface area contributed by atoms with E-state index in [2.05, 4.69) is 10.6 Å². The van der Waals surface area contributed by atoms with Gasteiger partial charge in [0.05, 0.1) is 30.0 Å². The molecule has 4 amide bonds. The number of urea groups is 1. The fraction of sp³-hybridized carbons (Fsp3) is 0.414. The fourth-order valence-electron chi connectivity index (χ4n) is 5.26. The minimum Gasteiger partial charge on any atom is -0.457 e. The second-order valence-electron chi connectivity index (χ2n) is 10.3. The van der Waals surface area contributed by atoms with Crippen molar-refractivity contribution in [3.8, 4) is 11.5 Å². The molecule has 3 aliphatic rings. The Bertz CT molecular complexity index is 1250. The average molecular weight is 519 g/mol. The summed E-state index contributed by atoms with van der Waals surface area (Å²) in [6, 6.07) is 15.8. The molecule has 1 fully saturated rings. The van der Waals surface area contributed by atoms with Gasteiger partial charge in [-0.3, -0.25) is 14.5 Å². The number of para-hydroxylation sites is 1. The molecule has 0 saturated carbocycles. The first kappa shape index (κ1) is 25.8. The van der Waals surface area contributed by atoms with Crippen molar-refractivity contribution < 1.29 is 23.9 Å². The number of amides is 4. The molecule has 5 rings (SSSR count). The predicted octanol–water partition coefficient (Wildman–Crippen LogP) is 3.74. The van der Waals surface area contributed by atoms with Crippen LogP contribution in [0, 0.1) is 0 Å². The standard InChI is InChI=1S/C29H34N4O5/c1-4-32-23-18-33(29(2,3)27(35)30-17-22-14-9-15-37-22)26(34)24(23)25(31-28(32)36)19-10-8-13-21(16-19)38-20-11-6-5-7-12-20/h5-8,10-13,16,22,25H,4,9,14-15,17-18H2,1-3H3,(H,30,35)(H,31,36)/t22-,25+/m0/s1. The second-order valence-corrected chi connectivity index (χ2v) is 10.3. The molecule has 0 radical (unpaired) electrons. The Kier molecular flexibility index (Phi) is 7.12. The number of ether oxygens (including phenoxy) is 2. The Hall–Kier alpha value is -3.85. The highest BCUT2D eigenvalue weighted by Gasteiger charge is 2.49. The Morgan fingerprint density at radius 1 is 1.13 bits per heavy atom. The third-order valence-corrected chi connectivity index (χ3v) is 7.45. The Labute approximate surface area is 222 Å². The summed E-state index contributed by atoms with van der Waals surface area (Å²) in [6.07, 6.45) is 1.90. The molecule has 2 atom stereocenters. The molecule has 0 unspecified atom stereocenters. The van der Waals surface area contributed by atoms with Gasteiger partial charge in [0.25, 0.3) is 5.91 Å². The number of rotatable bonds is 8. The SMILES string of the molecule is CCN1C(=O)N[C@H](c2cccc(Oc3ccccc3)c2)C2=C1CN(C(C)(C)C(=O)NC[C@@H]1CCCO1)C2=O. The summed E-state index contributed by atoms with van der Waals surface area (Å²) < 4.78 is 11.6. The maximum absolute atomic E-state index is 13.9. The monoisotopic (exact) mass is 518 g/mol. The van der Waals surface area contributed by atoms with Crippen molar-refractivity contribution in [1.82, 2.24) is 20.4 Å². The fourth-order valence-corrected chi connectivity index (χ4v) is 5.26. The van der Waals surface area contributed by atoms with Gasteiger partial charge in [0.2, 0.25) is 5.91 Å². The van der Waals surface area contributed by atoms with Gasteiger partial charge in [-0.05, 0) is 63.4 Å². The summed E-state index contributed by atoms with van der Waals surface area (Å²) in [5.74, 6) is 0.765. The lowest BCUT2D eigenvalue weighted by Gasteiger charge is -2.35. The summed E-state index contributed by atoms with van der Waals surface area (Å²) in [5, 5.41) is 5.96. The number of carbonyl (C=O) groups excluding carboxylic acids is 3. The van der Waals surface area contributed by atoms with Crippen LogP contribution < -0.4 is 15.4 Å². The van der Waals surface area contributed by atoms with Crippen LogP contribution >= 0.6 is 0 Å². The van der Waals surface area contributed by atoms with E-state index in [1.54, 1.807) is 23.6 Å². The summed E-state index contributed by atoms with van der Waals surface area (Å²) >= 11 is 0. The van der Waals surface area contributed by atoms with E-state index in [1.807, 2.05) is 61.5 Å². The smallest absolute Gasteiger partial charge is 0.322 e. The molecule has 9 nitrogen and oxygen atoms in total. The zero-order chi connectivity index (χ0) is 26.9. The minimum atomic E-state index is -1.13. The number of hydrogen-bond donors (Lipinski definition) is 2. The highest BCUT2D eigenvalue weighted by molar-refractivity contribution is 6.04. The quantitative estimate of drug-likeness (QED) is 0.555. The van der Waals surface area contributed by atoms with E-state index in [0.29, 0.717) is 42.5 Å². The summed E-state index contributed by atoms with van der Waals surface area (Å²) in [5.41, 5.74) is 0.702. The number of benzene rings is 2. The topological polar surface area (TPSA) is 100 Å². The average Bonchev–Trinajstić information content (AvgIpc) is 3.56. The van der Waals surface area contributed by atoms with Gasteiger partial charge in [-0.25, -0.2) is 4.79 Å². The van der Waals surface area contributed by atoms with Gasteiger partial charge in [-0.1, -0.05) is 30.3 Å². The van der Waals surface area contributed by atoms with Crippen LogP contribution in [0.3, 0.4) is 0 Å². The van der Waals surface area contributed by atoms with Crippen molar-refractivity contribution in [2.45, 2.75) is 51.3 Å². The van der Waals surface area contributed by atoms with Crippen molar-refractivity contribution >= 4 is 17.8 Å². The predicted molar refractivity (Wildman–Crippen MR) is 141 cm³/mol. The van der Waals surface area contributed by atoms with E-state index in [0.717, 1.165) is 18.4 Å². The van der Waals surface area contributed by atoms with Gasteiger partial charge in [0.1, 0.15) is 17.0 Å². The highest BCUT2D eigenvalue weighted by Crippen LogP contribution is 2.39. The van der Waals surface area contributed by atoms with Gasteiger partial charge in [-0.15, -0.1) is 0 Å². The van der Waals surface area contributed by atoms with Crippen LogP contribution in [-0.2, 0) is 14.3 Å². The number of nitrogens with zero attached hydrogens (tertiary/aromatic N) is 2. The van der Waals surface area contributed by atoms with Crippen LogP contribution in [0.1, 0.15) is 45.2 Å². The molecule has 0 spiro atoms. The molecule has 9 heteroatoms. The molecule has 3 aliphatic heterocycles. The largest absolute Gasteiger partial charge is 0.457 e. The third kappa shape index (κ3) is 4.86. The van der Waals surface area contributed by atoms with Gasteiger partial charge < -0.3 is 25.0 Å². The van der Waals surface area contributed by atoms with Crippen molar-refractivity contribution in [2.24, 2.45) is 0 Å². The highest BCUT2D eigenvalue weighted by atomic mass is 16.5. The lowest BCUT2D eigenvalue weighted by molar-refractivity contribution is -0.142. The Balaban J connectivity index is 1.41. The van der Waals surface area contributed by atoms with E-state index < -0.39 is 11.6 Å². The van der Waals surface area contributed by atoms with Crippen LogP contribution in [0.4, 0.5) is 4.79 Å². The molecule has 1 saturated heterocycles. The Morgan fingerprint density at radius 3 is 2.61 bits per heavy atom. The molecule has 2 aromatic rings. The van der Waals surface area contributed by atoms with E-state index in [1.165, 1.54) is 0 Å². The molecule has 0 aliphatic carbocycles. The molecule has 0 bridgehead atoms. The first-order chi connectivity index (χ1) is 18.3. The van der Waals surface area contributed by atoms with Crippen molar-refractivity contribution in [1.29, 1.82) is 0 Å². The zero-order valence-corrected chi connectivity index (χ0v) is 22.0. The van der Waals surface area contributed by atoms with Crippen LogP contribution in [-0.4, -0.2) is 65.5 Å². The molecule has 200 valence electrons. The van der Waals surface area contributed by atoms with Gasteiger partial charge in [0.15, 0.2) is 0 Å². The molecule has 3 heterocycles.